The van der Waals surface area contributed by atoms with Crippen molar-refractivity contribution < 1.29 is 62.9 Å². The number of benzene rings is 1. The van der Waals surface area contributed by atoms with Crippen LogP contribution in [0.25, 0.3) is 0 Å². The van der Waals surface area contributed by atoms with Gasteiger partial charge in [-0.1, -0.05) is 27.7 Å². The van der Waals surface area contributed by atoms with Gasteiger partial charge < -0.3 is 53.4 Å². The van der Waals surface area contributed by atoms with E-state index < -0.39 is 115 Å². The van der Waals surface area contributed by atoms with Gasteiger partial charge in [0.05, 0.1) is 47.6 Å². The van der Waals surface area contributed by atoms with E-state index in [1.165, 1.54) is 51.2 Å². The van der Waals surface area contributed by atoms with E-state index >= 15 is 4.79 Å². The molecule has 1 aromatic rings. The van der Waals surface area contributed by atoms with E-state index in [-0.39, 0.29) is 37.3 Å². The Morgan fingerprint density at radius 3 is 2.07 bits per heavy atom. The van der Waals surface area contributed by atoms with Crippen LogP contribution >= 0.6 is 7.26 Å². The standard InChI is InChI=1S/C59H106N3O13P/c1-18-48-59(11,68)53(75-56(66)60-32-28-23-21-19-20-22-24-29-33-76(16,17)45-30-26-25-27-31-45)42(6)62(14)37-38(2)35-57(9,67)52(74-55-50(72-44(8)63)46(61(12)13)34-39(3)70-55)40(4)49(41(5)54(65)73-48)47-36-58(10,69-15)51(64)43(7)71-47/h25-27,30-31,38-43,46-53,55,64,67-68,76H,18-24,28-29,32-37H2,1-17H3,(H,60,66)/t38-,39-,40+,41-,42-,43+,46+,47?,48-,49+,50-,51+,52-,53-,55+,57-,58-,59-/m1/s1. The van der Waals surface area contributed by atoms with Gasteiger partial charge in [0.1, 0.15) is 17.8 Å². The summed E-state index contributed by atoms with van der Waals surface area (Å²) in [4.78, 5) is 45.5. The van der Waals surface area contributed by atoms with Gasteiger partial charge in [-0.2, -0.15) is 0 Å². The fourth-order valence-electron chi connectivity index (χ4n) is 12.9. The maximum atomic E-state index is 15.0. The molecule has 3 aliphatic heterocycles. The van der Waals surface area contributed by atoms with Crippen LogP contribution in [0.1, 0.15) is 153 Å². The molecule has 0 saturated carbocycles. The average Bonchev–Trinajstić information content (AvgIpc) is 3.34. The minimum absolute atomic E-state index is 0.181. The Balaban J connectivity index is 1.59. The summed E-state index contributed by atoms with van der Waals surface area (Å²) < 4.78 is 44.9. The van der Waals surface area contributed by atoms with Crippen LogP contribution < -0.4 is 10.6 Å². The summed E-state index contributed by atoms with van der Waals surface area (Å²) in [6.45, 7) is 25.3. The number of hydrogen-bond donors (Lipinski definition) is 4. The van der Waals surface area contributed by atoms with Crippen LogP contribution in [-0.2, 0) is 42.7 Å². The predicted molar refractivity (Wildman–Crippen MR) is 303 cm³/mol. The first-order valence-electron chi connectivity index (χ1n) is 28.9. The number of aliphatic hydroxyl groups is 3. The molecule has 16 nitrogen and oxygen atoms in total. The molecule has 440 valence electrons. The largest absolute Gasteiger partial charge is 0.382 e. The van der Waals surface area contributed by atoms with Gasteiger partial charge in [0.15, 0.2) is 18.5 Å². The number of hydrogen-bond acceptors (Lipinski definition) is 15. The Kier molecular flexibility index (Phi) is 25.4. The average molecular weight is 1100 g/mol. The Morgan fingerprint density at radius 1 is 0.882 bits per heavy atom. The molecule has 3 aliphatic rings. The van der Waals surface area contributed by atoms with E-state index in [4.69, 9.17) is 33.2 Å². The molecule has 3 fully saturated rings. The van der Waals surface area contributed by atoms with E-state index in [1.807, 2.05) is 72.5 Å². The second kappa shape index (κ2) is 29.3. The fraction of sp³-hybridized carbons (Fsp3) is 0.847. The Labute approximate surface area is 459 Å². The number of carbonyl (C=O) groups excluding carboxylic acids is 3. The molecule has 0 radical (unpaired) electrons. The molecule has 4 rings (SSSR count). The van der Waals surface area contributed by atoms with Crippen molar-refractivity contribution in [3.63, 3.8) is 0 Å². The number of nitrogens with one attached hydrogen (secondary N) is 1. The van der Waals surface area contributed by atoms with Crippen LogP contribution in [0.5, 0.6) is 0 Å². The van der Waals surface area contributed by atoms with Crippen LogP contribution in [0, 0.1) is 23.7 Å². The SMILES string of the molecule is CC[C@H]1OC(=O)[C@H](C)[C@@H](C2C[C@@](C)(OC)[C@@H](O)[C@H](C)O2)[C@H](C)[C@@H](O[C@@H]2O[C@H](C)C[C@H](N(C)C)[C@H]2OC(C)=O)[C@](C)(O)C[C@@H](C)CN(C)[C@H](C)[C@@H](OC(=O)NCCCCCCCCCC[PH](C)(C)c2ccccc2)[C@]1(C)O. The molecule has 0 aromatic heterocycles. The third-order valence-corrected chi connectivity index (χ3v) is 21.1. The van der Waals surface area contributed by atoms with E-state index in [9.17, 15) is 24.9 Å². The normalized spacial score (nSPS) is 37.9. The van der Waals surface area contributed by atoms with Crippen LogP contribution in [-0.4, -0.2) is 188 Å². The maximum absolute atomic E-state index is 15.0. The van der Waals surface area contributed by atoms with Crippen molar-refractivity contribution in [2.45, 2.75) is 237 Å². The molecule has 3 heterocycles. The van der Waals surface area contributed by atoms with E-state index in [1.54, 1.807) is 27.7 Å². The number of amides is 1. The molecule has 18 atom stereocenters. The molecule has 4 N–H and O–H groups in total. The molecule has 1 unspecified atom stereocenters. The van der Waals surface area contributed by atoms with Gasteiger partial charge in [0.2, 0.25) is 0 Å². The second-order valence-corrected chi connectivity index (χ2v) is 29.8. The number of methoxy groups -OCH3 is 1. The molecular weight excluding hydrogens is 990 g/mol. The quantitative estimate of drug-likeness (QED) is 0.0425. The topological polar surface area (TPSA) is 195 Å². The van der Waals surface area contributed by atoms with Crippen molar-refractivity contribution in [3.8, 4) is 0 Å². The number of cyclic esters (lactones) is 1. The van der Waals surface area contributed by atoms with Crippen molar-refractivity contribution in [3.05, 3.63) is 30.3 Å². The molecular formula is C59H106N3O13P. The molecule has 76 heavy (non-hydrogen) atoms. The second-order valence-electron chi connectivity index (χ2n) is 25.0. The number of esters is 2. The Hall–Kier alpha value is -2.50. The Morgan fingerprint density at radius 2 is 1.49 bits per heavy atom. The summed E-state index contributed by atoms with van der Waals surface area (Å²) in [5.74, 6) is -3.75. The summed E-state index contributed by atoms with van der Waals surface area (Å²) in [6, 6.07) is 10.1. The number of likely N-dealkylation sites (N-methyl/N-ethyl adjacent to an activating group) is 2. The monoisotopic (exact) mass is 1100 g/mol. The summed E-state index contributed by atoms with van der Waals surface area (Å²) in [5, 5.41) is 41.6. The number of alkyl carbamates (subject to hydrolysis) is 1. The van der Waals surface area contributed by atoms with E-state index in [0.29, 0.717) is 19.5 Å². The van der Waals surface area contributed by atoms with Crippen molar-refractivity contribution in [1.29, 1.82) is 0 Å². The van der Waals surface area contributed by atoms with Crippen molar-refractivity contribution >= 4 is 30.6 Å². The number of rotatable bonds is 20. The first kappa shape index (κ1) is 66.0. The molecule has 3 saturated heterocycles. The van der Waals surface area contributed by atoms with E-state index in [2.05, 4.69) is 49.0 Å². The van der Waals surface area contributed by atoms with Crippen LogP contribution in [0.4, 0.5) is 4.79 Å². The van der Waals surface area contributed by atoms with Gasteiger partial charge in [0, 0.05) is 39.0 Å². The molecule has 1 aromatic carbocycles. The molecule has 17 heteroatoms. The van der Waals surface area contributed by atoms with Gasteiger partial charge in [-0.15, -0.1) is 0 Å². The van der Waals surface area contributed by atoms with Crippen LogP contribution in [0.3, 0.4) is 0 Å². The summed E-state index contributed by atoms with van der Waals surface area (Å²) in [6.07, 6.45) is 2.70. The fourth-order valence-corrected chi connectivity index (χ4v) is 15.4. The number of nitrogens with zero attached hydrogens (tertiary/aromatic N) is 2. The third-order valence-electron chi connectivity index (χ3n) is 17.6. The zero-order valence-corrected chi connectivity index (χ0v) is 51.0. The number of ether oxygens (including phenoxy) is 7. The van der Waals surface area contributed by atoms with Gasteiger partial charge in [-0.25, -0.2) is 4.79 Å². The molecule has 1 amide bonds. The number of aliphatic hydroxyl groups excluding tert-OH is 1. The summed E-state index contributed by atoms with van der Waals surface area (Å²) in [5.41, 5.74) is -4.54. The zero-order valence-electron chi connectivity index (χ0n) is 50.0. The van der Waals surface area contributed by atoms with Crippen LogP contribution in [0.2, 0.25) is 0 Å². The van der Waals surface area contributed by atoms with E-state index in [0.717, 1.165) is 25.7 Å². The van der Waals surface area contributed by atoms with Crippen LogP contribution in [0.15, 0.2) is 30.3 Å². The first-order valence-corrected chi connectivity index (χ1v) is 32.1. The zero-order chi connectivity index (χ0) is 56.9. The molecule has 0 aliphatic carbocycles. The Bertz CT molecular complexity index is 1930. The maximum Gasteiger partial charge on any atom is 0.137 e. The van der Waals surface area contributed by atoms with Gasteiger partial charge in [-0.3, -0.25) is 14.5 Å². The number of carbonyl (C=O) groups is 3. The number of unbranched alkanes of at least 4 members (excludes halogenated alkanes) is 7. The molecule has 0 bridgehead atoms. The summed E-state index contributed by atoms with van der Waals surface area (Å²) in [7, 11) is 5.84. The summed E-state index contributed by atoms with van der Waals surface area (Å²) >= 11 is 0. The van der Waals surface area contributed by atoms with Gasteiger partial charge in [0.25, 0.3) is 0 Å². The van der Waals surface area contributed by atoms with Gasteiger partial charge >= 0.3 is 144 Å². The predicted octanol–water partition coefficient (Wildman–Crippen LogP) is 7.93. The smallest absolute Gasteiger partial charge is 0.137 e. The van der Waals surface area contributed by atoms with Crippen molar-refractivity contribution in [2.75, 3.05) is 60.8 Å². The minimum atomic E-state index is -1.87. The minimum Gasteiger partial charge on any atom is -0.382 e. The third kappa shape index (κ3) is 17.7. The molecule has 0 spiro atoms. The van der Waals surface area contributed by atoms with Crippen molar-refractivity contribution in [1.82, 2.24) is 15.1 Å². The van der Waals surface area contributed by atoms with Gasteiger partial charge in [-0.05, 0) is 93.8 Å². The van der Waals surface area contributed by atoms with Crippen molar-refractivity contribution in [2.24, 2.45) is 23.7 Å². The first-order chi connectivity index (χ1) is 35.5.